The normalized spacial score (nSPS) is 14.2. The molecule has 0 atom stereocenters. The summed E-state index contributed by atoms with van der Waals surface area (Å²) >= 11 is 5.90. The van der Waals surface area contributed by atoms with E-state index in [0.717, 1.165) is 6.26 Å². The van der Waals surface area contributed by atoms with Gasteiger partial charge in [0.05, 0.1) is 27.8 Å². The third-order valence-electron chi connectivity index (χ3n) is 3.80. The molecule has 2 amide bonds. The smallest absolute Gasteiger partial charge is 0.414 e. The molecule has 0 spiro atoms. The molecule has 1 aliphatic rings. The molecule has 3 rings (SSSR count). The van der Waals surface area contributed by atoms with E-state index >= 15 is 0 Å². The third-order valence-corrected chi connectivity index (χ3v) is 5.38. The van der Waals surface area contributed by atoms with E-state index in [2.05, 4.69) is 5.32 Å². The summed E-state index contributed by atoms with van der Waals surface area (Å²) in [5.41, 5.74) is 1.04. The molecular weight excluding hydrogens is 380 g/mol. The van der Waals surface area contributed by atoms with Gasteiger partial charge in [-0.3, -0.25) is 9.69 Å². The van der Waals surface area contributed by atoms with Crippen molar-refractivity contribution in [1.82, 2.24) is 0 Å². The van der Waals surface area contributed by atoms with E-state index in [0.29, 0.717) is 17.9 Å². The molecule has 2 aromatic carbocycles. The zero-order valence-corrected chi connectivity index (χ0v) is 15.3. The predicted molar refractivity (Wildman–Crippen MR) is 97.7 cm³/mol. The molecule has 0 bridgehead atoms. The Balaban J connectivity index is 1.91. The highest BCUT2D eigenvalue weighted by molar-refractivity contribution is 7.90. The second-order valence-electron chi connectivity index (χ2n) is 5.65. The van der Waals surface area contributed by atoms with Crippen LogP contribution in [0.3, 0.4) is 0 Å². The highest BCUT2D eigenvalue weighted by Crippen LogP contribution is 2.29. The minimum absolute atomic E-state index is 0.0456. The van der Waals surface area contributed by atoms with Gasteiger partial charge in [0, 0.05) is 11.8 Å². The van der Waals surface area contributed by atoms with Gasteiger partial charge in [-0.05, 0) is 30.3 Å². The van der Waals surface area contributed by atoms with Crippen LogP contribution in [0.15, 0.2) is 47.4 Å². The second-order valence-corrected chi connectivity index (χ2v) is 8.05. The summed E-state index contributed by atoms with van der Waals surface area (Å²) in [6, 6.07) is 10.8. The molecule has 1 fully saturated rings. The van der Waals surface area contributed by atoms with E-state index in [1.165, 1.54) is 23.1 Å². The average Bonchev–Trinajstić information content (AvgIpc) is 3.00. The van der Waals surface area contributed by atoms with Gasteiger partial charge in [-0.25, -0.2) is 13.2 Å². The fourth-order valence-electron chi connectivity index (χ4n) is 2.55. The molecule has 9 heteroatoms. The molecule has 0 radical (unpaired) electrons. The van der Waals surface area contributed by atoms with Gasteiger partial charge in [0.25, 0.3) is 5.91 Å². The van der Waals surface area contributed by atoms with Crippen molar-refractivity contribution in [2.45, 2.75) is 4.90 Å². The molecule has 0 saturated carbocycles. The van der Waals surface area contributed by atoms with Crippen LogP contribution in [0.4, 0.5) is 16.2 Å². The lowest BCUT2D eigenvalue weighted by atomic mass is 10.2. The molecule has 0 aromatic heterocycles. The van der Waals surface area contributed by atoms with E-state index < -0.39 is 21.8 Å². The Bertz CT molecular complexity index is 990. The number of para-hydroxylation sites is 2. The molecule has 0 aliphatic carbocycles. The number of carbonyl (C=O) groups is 2. The molecule has 1 aliphatic heterocycles. The fourth-order valence-corrected chi connectivity index (χ4v) is 3.85. The highest BCUT2D eigenvalue weighted by Gasteiger charge is 2.26. The number of hydrogen-bond donors (Lipinski definition) is 1. The SMILES string of the molecule is CS(=O)(=O)c1cc(C(=O)Nc2ccccc2N2CCOC2=O)ccc1Cl. The Kier molecular flexibility index (Phi) is 4.88. The first kappa shape index (κ1) is 18.2. The molecule has 26 heavy (non-hydrogen) atoms. The summed E-state index contributed by atoms with van der Waals surface area (Å²) in [5.74, 6) is -0.522. The molecule has 1 heterocycles. The Labute approximate surface area is 155 Å². The molecule has 2 aromatic rings. The number of cyclic esters (lactones) is 1. The quantitative estimate of drug-likeness (QED) is 0.860. The standard InChI is InChI=1S/C17H15ClN2O5S/c1-26(23,24)15-10-11(6-7-12(15)18)16(21)19-13-4-2-3-5-14(13)20-8-9-25-17(20)22/h2-7,10H,8-9H2,1H3,(H,19,21). The number of amides is 2. The summed E-state index contributed by atoms with van der Waals surface area (Å²) in [6.45, 7) is 0.654. The summed E-state index contributed by atoms with van der Waals surface area (Å²) < 4.78 is 28.5. The van der Waals surface area contributed by atoms with Gasteiger partial charge < -0.3 is 10.1 Å². The maximum atomic E-state index is 12.6. The van der Waals surface area contributed by atoms with Crippen LogP contribution in [0.25, 0.3) is 0 Å². The van der Waals surface area contributed by atoms with E-state index in [1.807, 2.05) is 0 Å². The topological polar surface area (TPSA) is 92.8 Å². The average molecular weight is 395 g/mol. The van der Waals surface area contributed by atoms with Crippen LogP contribution >= 0.6 is 11.6 Å². The van der Waals surface area contributed by atoms with Crippen molar-refractivity contribution in [2.24, 2.45) is 0 Å². The molecule has 0 unspecified atom stereocenters. The van der Waals surface area contributed by atoms with Crippen molar-refractivity contribution >= 4 is 44.8 Å². The number of nitrogens with zero attached hydrogens (tertiary/aromatic N) is 1. The van der Waals surface area contributed by atoms with E-state index in [9.17, 15) is 18.0 Å². The Morgan fingerprint density at radius 3 is 2.62 bits per heavy atom. The van der Waals surface area contributed by atoms with Crippen LogP contribution in [0.2, 0.25) is 5.02 Å². The van der Waals surface area contributed by atoms with E-state index in [-0.39, 0.29) is 22.1 Å². The van der Waals surface area contributed by atoms with Crippen molar-refractivity contribution < 1.29 is 22.7 Å². The van der Waals surface area contributed by atoms with Crippen molar-refractivity contribution in [1.29, 1.82) is 0 Å². The van der Waals surface area contributed by atoms with Crippen LogP contribution < -0.4 is 10.2 Å². The van der Waals surface area contributed by atoms with Crippen molar-refractivity contribution in [3.05, 3.63) is 53.1 Å². The number of hydrogen-bond acceptors (Lipinski definition) is 5. The van der Waals surface area contributed by atoms with Crippen LogP contribution in [-0.2, 0) is 14.6 Å². The summed E-state index contributed by atoms with van der Waals surface area (Å²) in [4.78, 5) is 25.6. The third kappa shape index (κ3) is 3.66. The number of nitrogens with one attached hydrogen (secondary N) is 1. The largest absolute Gasteiger partial charge is 0.447 e. The minimum atomic E-state index is -3.57. The maximum absolute atomic E-state index is 12.6. The number of halogens is 1. The van der Waals surface area contributed by atoms with Gasteiger partial charge in [-0.15, -0.1) is 0 Å². The minimum Gasteiger partial charge on any atom is -0.447 e. The predicted octanol–water partition coefficient (Wildman–Crippen LogP) is 2.95. The van der Waals surface area contributed by atoms with Crippen LogP contribution in [-0.4, -0.2) is 39.8 Å². The number of carbonyl (C=O) groups excluding carboxylic acids is 2. The Hall–Kier alpha value is -2.58. The van der Waals surface area contributed by atoms with Gasteiger partial charge >= 0.3 is 6.09 Å². The number of ether oxygens (including phenoxy) is 1. The summed E-state index contributed by atoms with van der Waals surface area (Å²) in [5, 5.41) is 2.74. The van der Waals surface area contributed by atoms with E-state index in [4.69, 9.17) is 16.3 Å². The Morgan fingerprint density at radius 1 is 1.23 bits per heavy atom. The lowest BCUT2D eigenvalue weighted by molar-refractivity contribution is 0.102. The molecule has 1 N–H and O–H groups in total. The molecule has 1 saturated heterocycles. The number of rotatable bonds is 4. The number of benzene rings is 2. The van der Waals surface area contributed by atoms with Gasteiger partial charge in [0.1, 0.15) is 6.61 Å². The second kappa shape index (κ2) is 6.97. The lowest BCUT2D eigenvalue weighted by Gasteiger charge is -2.17. The van der Waals surface area contributed by atoms with Gasteiger partial charge in [0.15, 0.2) is 9.84 Å². The molecule has 7 nitrogen and oxygen atoms in total. The molecular formula is C17H15ClN2O5S. The van der Waals surface area contributed by atoms with Gasteiger partial charge in [-0.1, -0.05) is 23.7 Å². The van der Waals surface area contributed by atoms with Crippen molar-refractivity contribution in [3.63, 3.8) is 0 Å². The fraction of sp³-hybridized carbons (Fsp3) is 0.176. The van der Waals surface area contributed by atoms with Gasteiger partial charge in [0.2, 0.25) is 0 Å². The Morgan fingerprint density at radius 2 is 1.96 bits per heavy atom. The van der Waals surface area contributed by atoms with Gasteiger partial charge in [-0.2, -0.15) is 0 Å². The van der Waals surface area contributed by atoms with E-state index in [1.54, 1.807) is 24.3 Å². The van der Waals surface area contributed by atoms with Crippen LogP contribution in [0, 0.1) is 0 Å². The number of sulfone groups is 1. The first-order chi connectivity index (χ1) is 12.3. The zero-order valence-electron chi connectivity index (χ0n) is 13.7. The van der Waals surface area contributed by atoms with Crippen molar-refractivity contribution in [2.75, 3.05) is 29.6 Å². The highest BCUT2D eigenvalue weighted by atomic mass is 35.5. The zero-order chi connectivity index (χ0) is 18.9. The number of anilines is 2. The van der Waals surface area contributed by atoms with Crippen LogP contribution in [0.1, 0.15) is 10.4 Å². The summed E-state index contributed by atoms with van der Waals surface area (Å²) in [6.07, 6.45) is 0.530. The lowest BCUT2D eigenvalue weighted by Crippen LogP contribution is -2.25. The first-order valence-corrected chi connectivity index (χ1v) is 9.88. The van der Waals surface area contributed by atoms with Crippen molar-refractivity contribution in [3.8, 4) is 0 Å². The summed E-state index contributed by atoms with van der Waals surface area (Å²) in [7, 11) is -3.57. The molecule has 136 valence electrons. The monoisotopic (exact) mass is 394 g/mol. The van der Waals surface area contributed by atoms with Crippen LogP contribution in [0.5, 0.6) is 0 Å². The first-order valence-electron chi connectivity index (χ1n) is 7.61. The maximum Gasteiger partial charge on any atom is 0.414 e.